The van der Waals surface area contributed by atoms with E-state index in [1.807, 2.05) is 0 Å². The molecule has 1 heterocycles. The van der Waals surface area contributed by atoms with E-state index < -0.39 is 46.0 Å². The molecule has 0 N–H and O–H groups in total. The highest BCUT2D eigenvalue weighted by Crippen LogP contribution is 2.41. The van der Waals surface area contributed by atoms with E-state index in [0.29, 0.717) is 11.3 Å². The summed E-state index contributed by atoms with van der Waals surface area (Å²) in [6, 6.07) is 7.60. The van der Waals surface area contributed by atoms with E-state index in [9.17, 15) is 19.2 Å². The van der Waals surface area contributed by atoms with Gasteiger partial charge in [-0.1, -0.05) is 0 Å². The predicted octanol–water partition coefficient (Wildman–Crippen LogP) is 5.88. The second kappa shape index (κ2) is 11.6. The van der Waals surface area contributed by atoms with Gasteiger partial charge in [0, 0.05) is 17.7 Å². The van der Waals surface area contributed by atoms with Crippen molar-refractivity contribution >= 4 is 35.1 Å². The molecule has 42 heavy (non-hydrogen) atoms. The van der Waals surface area contributed by atoms with Crippen LogP contribution in [-0.4, -0.2) is 49.7 Å². The number of Topliss-reactive ketones (excluding diaryl/α,β-unsaturated/α-hetero) is 1. The molecule has 1 unspecified atom stereocenters. The van der Waals surface area contributed by atoms with E-state index in [-0.39, 0.29) is 34.2 Å². The summed E-state index contributed by atoms with van der Waals surface area (Å²) in [4.78, 5) is 57.2. The molecule has 0 bridgehead atoms. The topological polar surface area (TPSA) is 127 Å². The molecule has 0 aliphatic carbocycles. The normalized spacial score (nSPS) is 15.3. The quantitative estimate of drug-likeness (QED) is 0.303. The van der Waals surface area contributed by atoms with E-state index in [0.717, 1.165) is 0 Å². The van der Waals surface area contributed by atoms with Gasteiger partial charge in [0.25, 0.3) is 0 Å². The van der Waals surface area contributed by atoms with Crippen LogP contribution in [0.15, 0.2) is 35.3 Å². The molecule has 10 heteroatoms. The van der Waals surface area contributed by atoms with Gasteiger partial charge in [0.1, 0.15) is 11.5 Å². The Morgan fingerprint density at radius 1 is 0.690 bits per heavy atom. The average molecular weight is 582 g/mol. The second-order valence-electron chi connectivity index (χ2n) is 13.1. The molecule has 0 fully saturated rings. The minimum atomic E-state index is -1.47. The Morgan fingerprint density at radius 3 is 1.74 bits per heavy atom. The minimum absolute atomic E-state index is 0.0217. The lowest BCUT2D eigenvalue weighted by Gasteiger charge is -2.28. The Labute approximate surface area is 246 Å². The summed E-state index contributed by atoms with van der Waals surface area (Å²) >= 11 is 0. The number of ketones is 1. The van der Waals surface area contributed by atoms with Crippen LogP contribution in [0.25, 0.3) is 0 Å². The van der Waals surface area contributed by atoms with E-state index in [4.69, 9.17) is 28.7 Å². The molecular weight excluding hydrogens is 542 g/mol. The van der Waals surface area contributed by atoms with Crippen molar-refractivity contribution in [3.8, 4) is 23.0 Å². The largest absolute Gasteiger partial charge is 0.497 e. The fourth-order valence-corrected chi connectivity index (χ4v) is 3.58. The third kappa shape index (κ3) is 6.98. The van der Waals surface area contributed by atoms with Crippen LogP contribution in [0.2, 0.25) is 0 Å². The number of methoxy groups -OCH3 is 2. The van der Waals surface area contributed by atoms with Crippen LogP contribution in [0, 0.1) is 16.2 Å². The van der Waals surface area contributed by atoms with Crippen molar-refractivity contribution in [2.75, 3.05) is 14.2 Å². The molecule has 0 amide bonds. The standard InChI is InChI=1S/C32H39NO9/c1-30(2,3)27(35)40-20-13-12-17(14-21(20)39-11)24-26(42-29(37)32(7,8)9)25(34)23-19(33-24)15-18(38-10)16-22(23)41-28(36)31(4,5)6/h12-16,26H,1-11H3. The fraction of sp³-hybridized carbons (Fsp3) is 0.469. The number of carbonyl (C=O) groups is 4. The highest BCUT2D eigenvalue weighted by Gasteiger charge is 2.41. The molecular formula is C32H39NO9. The predicted molar refractivity (Wildman–Crippen MR) is 156 cm³/mol. The Bertz CT molecular complexity index is 1450. The fourth-order valence-electron chi connectivity index (χ4n) is 3.58. The number of nitrogens with zero attached hydrogens (tertiary/aromatic N) is 1. The van der Waals surface area contributed by atoms with E-state index in [2.05, 4.69) is 0 Å². The zero-order valence-electron chi connectivity index (χ0n) is 26.1. The van der Waals surface area contributed by atoms with Gasteiger partial charge in [-0.2, -0.15) is 0 Å². The summed E-state index contributed by atoms with van der Waals surface area (Å²) in [5, 5.41) is 0. The number of hydrogen-bond acceptors (Lipinski definition) is 10. The summed E-state index contributed by atoms with van der Waals surface area (Å²) in [5.41, 5.74) is -1.93. The van der Waals surface area contributed by atoms with Crippen LogP contribution in [-0.2, 0) is 19.1 Å². The third-order valence-corrected chi connectivity index (χ3v) is 6.19. The number of benzene rings is 2. The Hall–Kier alpha value is -4.21. The third-order valence-electron chi connectivity index (χ3n) is 6.19. The van der Waals surface area contributed by atoms with Gasteiger partial charge >= 0.3 is 17.9 Å². The van der Waals surface area contributed by atoms with E-state index in [1.165, 1.54) is 32.4 Å². The molecule has 0 saturated heterocycles. The molecule has 10 nitrogen and oxygen atoms in total. The Kier molecular flexibility index (Phi) is 8.91. The highest BCUT2D eigenvalue weighted by molar-refractivity contribution is 6.27. The number of esters is 3. The molecule has 2 aromatic rings. The van der Waals surface area contributed by atoms with Crippen molar-refractivity contribution in [3.63, 3.8) is 0 Å². The lowest BCUT2D eigenvalue weighted by molar-refractivity contribution is -0.154. The van der Waals surface area contributed by atoms with Gasteiger partial charge in [-0.15, -0.1) is 0 Å². The first-order valence-electron chi connectivity index (χ1n) is 13.5. The summed E-state index contributed by atoms with van der Waals surface area (Å²) in [7, 11) is 2.84. The van der Waals surface area contributed by atoms with Crippen molar-refractivity contribution in [3.05, 3.63) is 41.5 Å². The lowest BCUT2D eigenvalue weighted by Crippen LogP contribution is -2.41. The first kappa shape index (κ1) is 32.3. The van der Waals surface area contributed by atoms with Crippen molar-refractivity contribution in [2.24, 2.45) is 21.2 Å². The van der Waals surface area contributed by atoms with Crippen LogP contribution in [0.5, 0.6) is 23.0 Å². The number of ether oxygens (including phenoxy) is 5. The summed E-state index contributed by atoms with van der Waals surface area (Å²) < 4.78 is 27.8. The average Bonchev–Trinajstić information content (AvgIpc) is 2.88. The summed E-state index contributed by atoms with van der Waals surface area (Å²) in [6.45, 7) is 15.2. The van der Waals surface area contributed by atoms with Crippen molar-refractivity contribution in [1.82, 2.24) is 0 Å². The number of carbonyl (C=O) groups excluding carboxylic acids is 4. The van der Waals surface area contributed by atoms with Crippen LogP contribution in [0.4, 0.5) is 5.69 Å². The zero-order valence-corrected chi connectivity index (χ0v) is 26.1. The van der Waals surface area contributed by atoms with Gasteiger partial charge in [-0.05, 0) is 80.5 Å². The Balaban J connectivity index is 2.23. The first-order chi connectivity index (χ1) is 19.3. The van der Waals surface area contributed by atoms with Crippen molar-refractivity contribution in [1.29, 1.82) is 0 Å². The lowest BCUT2D eigenvalue weighted by atomic mass is 9.91. The summed E-state index contributed by atoms with van der Waals surface area (Å²) in [5.74, 6) is -1.69. The maximum Gasteiger partial charge on any atom is 0.316 e. The maximum absolute atomic E-state index is 14.1. The molecule has 2 aromatic carbocycles. The number of hydrogen-bond donors (Lipinski definition) is 0. The first-order valence-corrected chi connectivity index (χ1v) is 13.5. The molecule has 0 radical (unpaired) electrons. The van der Waals surface area contributed by atoms with Crippen LogP contribution in [0.1, 0.15) is 78.2 Å². The minimum Gasteiger partial charge on any atom is -0.497 e. The van der Waals surface area contributed by atoms with Gasteiger partial charge < -0.3 is 23.7 Å². The Morgan fingerprint density at radius 2 is 1.24 bits per heavy atom. The molecule has 0 aromatic heterocycles. The number of aliphatic imine (C=N–C) groups is 1. The number of fused-ring (bicyclic) bond motifs is 1. The summed E-state index contributed by atoms with van der Waals surface area (Å²) in [6.07, 6.45) is -1.47. The molecule has 3 rings (SSSR count). The van der Waals surface area contributed by atoms with Gasteiger partial charge in [-0.25, -0.2) is 4.99 Å². The van der Waals surface area contributed by atoms with Gasteiger partial charge in [0.15, 0.2) is 11.5 Å². The SMILES string of the molecule is COc1cc2c(c(OC(=O)C(C)(C)C)c1)C(=O)C(OC(=O)C(C)(C)C)C(c1ccc(OC(=O)C(C)(C)C)c(OC)c1)=N2. The van der Waals surface area contributed by atoms with Gasteiger partial charge in [-0.3, -0.25) is 19.2 Å². The molecule has 1 atom stereocenters. The molecule has 0 saturated carbocycles. The van der Waals surface area contributed by atoms with E-state index >= 15 is 0 Å². The molecule has 0 spiro atoms. The molecule has 226 valence electrons. The van der Waals surface area contributed by atoms with Gasteiger partial charge in [0.05, 0.1) is 47.4 Å². The van der Waals surface area contributed by atoms with Crippen molar-refractivity contribution in [2.45, 2.75) is 68.4 Å². The smallest absolute Gasteiger partial charge is 0.316 e. The van der Waals surface area contributed by atoms with Crippen LogP contribution >= 0.6 is 0 Å². The zero-order chi connectivity index (χ0) is 31.8. The number of rotatable bonds is 6. The van der Waals surface area contributed by atoms with E-state index in [1.54, 1.807) is 74.4 Å². The van der Waals surface area contributed by atoms with Gasteiger partial charge in [0.2, 0.25) is 11.9 Å². The van der Waals surface area contributed by atoms with Crippen molar-refractivity contribution < 1.29 is 42.9 Å². The maximum atomic E-state index is 14.1. The second-order valence-corrected chi connectivity index (χ2v) is 13.1. The monoisotopic (exact) mass is 581 g/mol. The van der Waals surface area contributed by atoms with Crippen LogP contribution < -0.4 is 18.9 Å². The highest BCUT2D eigenvalue weighted by atomic mass is 16.6. The molecule has 1 aliphatic rings. The molecule has 1 aliphatic heterocycles. The van der Waals surface area contributed by atoms with Crippen LogP contribution in [0.3, 0.4) is 0 Å².